The van der Waals surface area contributed by atoms with Crippen molar-refractivity contribution in [3.63, 3.8) is 0 Å². The normalized spacial score (nSPS) is 25.8. The Labute approximate surface area is 121 Å². The van der Waals surface area contributed by atoms with Crippen molar-refractivity contribution in [2.45, 2.75) is 18.6 Å². The number of nitrogens with zero attached hydrogens (tertiary/aromatic N) is 2. The number of aliphatic carboxylic acids is 1. The number of β-amino-alcohol motifs (C(OH)–C–C–N with tert-alkyl or cyclic N) is 1. The predicted molar refractivity (Wildman–Crippen MR) is 71.6 cm³/mol. The van der Waals surface area contributed by atoms with E-state index in [2.05, 4.69) is 10.6 Å². The van der Waals surface area contributed by atoms with Crippen LogP contribution in [0.15, 0.2) is 0 Å². The van der Waals surface area contributed by atoms with Gasteiger partial charge >= 0.3 is 12.0 Å². The summed E-state index contributed by atoms with van der Waals surface area (Å²) in [4.78, 5) is 37.6. The number of hydrogen-bond acceptors (Lipinski definition) is 5. The second kappa shape index (κ2) is 6.72. The smallest absolute Gasteiger partial charge is 0.326 e. The molecule has 2 aliphatic heterocycles. The van der Waals surface area contributed by atoms with E-state index in [0.717, 1.165) is 18.0 Å². The summed E-state index contributed by atoms with van der Waals surface area (Å²) in [6.07, 6.45) is -0.838. The quantitative estimate of drug-likeness (QED) is 0.463. The largest absolute Gasteiger partial charge is 0.480 e. The lowest BCUT2D eigenvalue weighted by Gasteiger charge is -2.28. The van der Waals surface area contributed by atoms with Crippen LogP contribution in [-0.2, 0) is 9.59 Å². The lowest BCUT2D eigenvalue weighted by molar-refractivity contribution is -0.141. The highest BCUT2D eigenvalue weighted by Crippen LogP contribution is 2.17. The first kappa shape index (κ1) is 15.5. The molecule has 0 spiro atoms. The van der Waals surface area contributed by atoms with Crippen LogP contribution in [0.4, 0.5) is 4.79 Å². The fourth-order valence-corrected chi connectivity index (χ4v) is 2.55. The fourth-order valence-electron chi connectivity index (χ4n) is 2.55. The topological polar surface area (TPSA) is 122 Å². The van der Waals surface area contributed by atoms with E-state index in [-0.39, 0.29) is 25.4 Å². The van der Waals surface area contributed by atoms with Gasteiger partial charge in [-0.2, -0.15) is 0 Å². The summed E-state index contributed by atoms with van der Waals surface area (Å²) in [5.74, 6) is -1.35. The van der Waals surface area contributed by atoms with E-state index in [9.17, 15) is 19.5 Å². The van der Waals surface area contributed by atoms with Gasteiger partial charge in [0, 0.05) is 39.1 Å². The lowest BCUT2D eigenvalue weighted by Crippen LogP contribution is -2.52. The summed E-state index contributed by atoms with van der Waals surface area (Å²) < 4.78 is 0. The Morgan fingerprint density at radius 3 is 2.52 bits per heavy atom. The number of amides is 3. The summed E-state index contributed by atoms with van der Waals surface area (Å²) in [5, 5.41) is 24.0. The fraction of sp³-hybridized carbons (Fsp3) is 0.750. The lowest BCUT2D eigenvalue weighted by atomic mass is 10.2. The van der Waals surface area contributed by atoms with Crippen molar-refractivity contribution >= 4 is 17.9 Å². The number of carbonyl (C=O) groups is 3. The Balaban J connectivity index is 1.83. The number of aliphatic hydroxyl groups excluding tert-OH is 1. The number of nitrogens with one attached hydrogen (secondary N) is 2. The number of urea groups is 1. The number of carboxylic acid groups (broad SMARTS) is 1. The second-order valence-corrected chi connectivity index (χ2v) is 5.19. The molecular formula is C12H20N4O5. The Morgan fingerprint density at radius 2 is 1.90 bits per heavy atom. The highest BCUT2D eigenvalue weighted by Gasteiger charge is 2.39. The first-order valence-electron chi connectivity index (χ1n) is 6.93. The van der Waals surface area contributed by atoms with Gasteiger partial charge in [0.15, 0.2) is 0 Å². The van der Waals surface area contributed by atoms with Crippen LogP contribution in [0.25, 0.3) is 0 Å². The molecule has 2 fully saturated rings. The number of aliphatic hydroxyl groups is 1. The minimum atomic E-state index is -1.16. The van der Waals surface area contributed by atoms with E-state index in [4.69, 9.17) is 5.11 Å². The SMILES string of the molecule is O=C(O)C1CC(O)CN1C(=O)NCC(=O)N1CCNCC1. The van der Waals surface area contributed by atoms with Gasteiger partial charge in [-0.25, -0.2) is 9.59 Å². The molecule has 21 heavy (non-hydrogen) atoms. The highest BCUT2D eigenvalue weighted by molar-refractivity contribution is 5.87. The number of rotatable bonds is 3. The average Bonchev–Trinajstić information content (AvgIpc) is 2.87. The third-order valence-corrected chi connectivity index (χ3v) is 3.69. The van der Waals surface area contributed by atoms with Crippen LogP contribution >= 0.6 is 0 Å². The summed E-state index contributed by atoms with van der Waals surface area (Å²) in [5.41, 5.74) is 0. The molecule has 2 heterocycles. The molecule has 0 aromatic rings. The first-order valence-corrected chi connectivity index (χ1v) is 6.93. The van der Waals surface area contributed by atoms with Gasteiger partial charge in [-0.1, -0.05) is 0 Å². The molecule has 0 aliphatic carbocycles. The number of likely N-dealkylation sites (tertiary alicyclic amines) is 1. The van der Waals surface area contributed by atoms with Crippen LogP contribution in [0.1, 0.15) is 6.42 Å². The van der Waals surface area contributed by atoms with Gasteiger partial charge in [0.25, 0.3) is 0 Å². The molecule has 118 valence electrons. The van der Waals surface area contributed by atoms with Gasteiger partial charge < -0.3 is 30.6 Å². The van der Waals surface area contributed by atoms with Crippen molar-refractivity contribution in [1.82, 2.24) is 20.4 Å². The molecule has 2 unspecified atom stereocenters. The zero-order chi connectivity index (χ0) is 15.4. The Hall–Kier alpha value is -1.87. The third kappa shape index (κ3) is 3.82. The molecule has 4 N–H and O–H groups in total. The zero-order valence-electron chi connectivity index (χ0n) is 11.6. The van der Waals surface area contributed by atoms with E-state index < -0.39 is 24.1 Å². The van der Waals surface area contributed by atoms with E-state index in [1.165, 1.54) is 0 Å². The predicted octanol–water partition coefficient (Wildman–Crippen LogP) is -2.35. The number of piperazine rings is 1. The molecule has 9 heteroatoms. The van der Waals surface area contributed by atoms with Crippen molar-refractivity contribution in [3.05, 3.63) is 0 Å². The maximum atomic E-state index is 12.0. The minimum absolute atomic E-state index is 0.00843. The minimum Gasteiger partial charge on any atom is -0.480 e. The standard InChI is InChI=1S/C12H20N4O5/c17-8-5-9(11(19)20)16(7-8)12(21)14-6-10(18)15-3-1-13-2-4-15/h8-9,13,17H,1-7H2,(H,14,21)(H,19,20). The highest BCUT2D eigenvalue weighted by atomic mass is 16.4. The summed E-state index contributed by atoms with van der Waals surface area (Å²) in [7, 11) is 0. The van der Waals surface area contributed by atoms with Crippen LogP contribution in [0.2, 0.25) is 0 Å². The van der Waals surface area contributed by atoms with E-state index in [1.54, 1.807) is 4.90 Å². The second-order valence-electron chi connectivity index (χ2n) is 5.19. The Bertz CT molecular complexity index is 424. The van der Waals surface area contributed by atoms with Crippen LogP contribution in [-0.4, -0.2) is 89.3 Å². The maximum absolute atomic E-state index is 12.0. The molecule has 9 nitrogen and oxygen atoms in total. The van der Waals surface area contributed by atoms with Crippen LogP contribution in [0, 0.1) is 0 Å². The van der Waals surface area contributed by atoms with Crippen LogP contribution in [0.5, 0.6) is 0 Å². The Morgan fingerprint density at radius 1 is 1.24 bits per heavy atom. The summed E-state index contributed by atoms with van der Waals surface area (Å²) >= 11 is 0. The van der Waals surface area contributed by atoms with E-state index in [0.29, 0.717) is 13.1 Å². The van der Waals surface area contributed by atoms with E-state index >= 15 is 0 Å². The summed E-state index contributed by atoms with van der Waals surface area (Å²) in [6, 6.07) is -1.68. The van der Waals surface area contributed by atoms with Gasteiger partial charge in [0.1, 0.15) is 6.04 Å². The molecule has 2 aliphatic rings. The number of hydrogen-bond donors (Lipinski definition) is 4. The molecule has 0 saturated carbocycles. The van der Waals surface area contributed by atoms with Gasteiger partial charge in [0.05, 0.1) is 12.6 Å². The molecule has 2 saturated heterocycles. The number of carbonyl (C=O) groups excluding carboxylic acids is 2. The Kier molecular flexibility index (Phi) is 4.97. The van der Waals surface area contributed by atoms with Crippen molar-refractivity contribution < 1.29 is 24.6 Å². The molecule has 0 radical (unpaired) electrons. The molecule has 2 rings (SSSR count). The molecule has 0 aromatic carbocycles. The van der Waals surface area contributed by atoms with Crippen molar-refractivity contribution in [3.8, 4) is 0 Å². The molecule has 3 amide bonds. The summed E-state index contributed by atoms with van der Waals surface area (Å²) in [6.45, 7) is 2.42. The molecule has 0 aromatic heterocycles. The maximum Gasteiger partial charge on any atom is 0.326 e. The van der Waals surface area contributed by atoms with Crippen LogP contribution < -0.4 is 10.6 Å². The van der Waals surface area contributed by atoms with Crippen LogP contribution in [0.3, 0.4) is 0 Å². The molecule has 2 atom stereocenters. The molecular weight excluding hydrogens is 280 g/mol. The van der Waals surface area contributed by atoms with E-state index in [1.807, 2.05) is 0 Å². The van der Waals surface area contributed by atoms with Gasteiger partial charge in [0.2, 0.25) is 5.91 Å². The van der Waals surface area contributed by atoms with Crippen molar-refractivity contribution in [1.29, 1.82) is 0 Å². The first-order chi connectivity index (χ1) is 9.99. The number of carboxylic acids is 1. The van der Waals surface area contributed by atoms with Gasteiger partial charge in [-0.05, 0) is 0 Å². The zero-order valence-corrected chi connectivity index (χ0v) is 11.6. The molecule has 0 bridgehead atoms. The van der Waals surface area contributed by atoms with Gasteiger partial charge in [-0.3, -0.25) is 4.79 Å². The average molecular weight is 300 g/mol. The monoisotopic (exact) mass is 300 g/mol. The van der Waals surface area contributed by atoms with Crippen molar-refractivity contribution in [2.24, 2.45) is 0 Å². The van der Waals surface area contributed by atoms with Crippen molar-refractivity contribution in [2.75, 3.05) is 39.3 Å². The van der Waals surface area contributed by atoms with Gasteiger partial charge in [-0.15, -0.1) is 0 Å². The third-order valence-electron chi connectivity index (χ3n) is 3.69.